The molecule has 2 N–H and O–H groups in total. The summed E-state index contributed by atoms with van der Waals surface area (Å²) in [5, 5.41) is 16.1. The molecule has 0 radical (unpaired) electrons. The van der Waals surface area contributed by atoms with Crippen LogP contribution < -0.4 is 0 Å². The van der Waals surface area contributed by atoms with Crippen LogP contribution in [0.2, 0.25) is 0 Å². The molecule has 0 aromatic rings. The van der Waals surface area contributed by atoms with E-state index in [1.807, 2.05) is 0 Å². The highest BCUT2D eigenvalue weighted by molar-refractivity contribution is 5.79. The Morgan fingerprint density at radius 3 is 1.93 bits per heavy atom. The highest BCUT2D eigenvalue weighted by Crippen LogP contribution is 1.89. The van der Waals surface area contributed by atoms with Crippen molar-refractivity contribution in [2.24, 2.45) is 0 Å². The van der Waals surface area contributed by atoms with Gasteiger partial charge in [0.2, 0.25) is 0 Å². The van der Waals surface area contributed by atoms with Gasteiger partial charge in [0.25, 0.3) is 0 Å². The van der Waals surface area contributed by atoms with Gasteiger partial charge in [-0.3, -0.25) is 4.79 Å². The van der Waals surface area contributed by atoms with Crippen LogP contribution in [0.1, 0.15) is 12.8 Å². The Balaban J connectivity index is 0. The predicted octanol–water partition coefficient (Wildman–Crippen LogP) is 1.85. The molecule has 0 aliphatic carbocycles. The Labute approximate surface area is 82.9 Å². The van der Waals surface area contributed by atoms with Gasteiger partial charge in [-0.25, -0.2) is 4.79 Å². The minimum atomic E-state index is -1.05. The second-order valence-corrected chi connectivity index (χ2v) is 2.14. The molecular formula is C10H14O4. The molecule has 0 amide bonds. The molecule has 0 aromatic heterocycles. The van der Waals surface area contributed by atoms with Crippen molar-refractivity contribution in [2.75, 3.05) is 0 Å². The molecule has 0 unspecified atom stereocenters. The normalized spacial score (nSPS) is 8.57. The standard InChI is InChI=1S/C6H8O4.C4H6/c7-5(8)3-1-2-4-6(9)10;1-3-4-2/h1,3H,2,4H2,(H,7,8)(H,9,10);3-4H,1-2H2. The number of carbonyl (C=O) groups is 2. The molecule has 0 aliphatic heterocycles. The van der Waals surface area contributed by atoms with Gasteiger partial charge >= 0.3 is 11.9 Å². The Kier molecular flexibility index (Phi) is 11.7. The van der Waals surface area contributed by atoms with Crippen LogP contribution in [0.15, 0.2) is 37.5 Å². The number of carboxylic acid groups (broad SMARTS) is 2. The number of carboxylic acids is 2. The van der Waals surface area contributed by atoms with E-state index in [0.717, 1.165) is 6.08 Å². The van der Waals surface area contributed by atoms with Gasteiger partial charge < -0.3 is 10.2 Å². The van der Waals surface area contributed by atoms with Crippen LogP contribution in [-0.2, 0) is 9.59 Å². The van der Waals surface area contributed by atoms with Crippen molar-refractivity contribution in [1.29, 1.82) is 0 Å². The Morgan fingerprint density at radius 1 is 1.14 bits per heavy atom. The molecule has 78 valence electrons. The fraction of sp³-hybridized carbons (Fsp3) is 0.200. The van der Waals surface area contributed by atoms with Crippen molar-refractivity contribution >= 4 is 11.9 Å². The first kappa shape index (κ1) is 14.7. The summed E-state index contributed by atoms with van der Waals surface area (Å²) in [5.74, 6) is -1.97. The van der Waals surface area contributed by atoms with E-state index in [1.54, 1.807) is 12.2 Å². The third kappa shape index (κ3) is 22.5. The van der Waals surface area contributed by atoms with Gasteiger partial charge in [0.05, 0.1) is 0 Å². The summed E-state index contributed by atoms with van der Waals surface area (Å²) in [6, 6.07) is 0. The molecule has 4 nitrogen and oxygen atoms in total. The number of rotatable bonds is 5. The molecule has 4 heteroatoms. The highest BCUT2D eigenvalue weighted by Gasteiger charge is 1.92. The van der Waals surface area contributed by atoms with E-state index in [0.29, 0.717) is 0 Å². The summed E-state index contributed by atoms with van der Waals surface area (Å²) in [7, 11) is 0. The maximum Gasteiger partial charge on any atom is 0.327 e. The number of allylic oxidation sites excluding steroid dienone is 3. The lowest BCUT2D eigenvalue weighted by Crippen LogP contribution is -1.92. The fourth-order valence-electron chi connectivity index (χ4n) is 0.391. The summed E-state index contributed by atoms with van der Waals surface area (Å²) in [4.78, 5) is 19.7. The topological polar surface area (TPSA) is 74.6 Å². The lowest BCUT2D eigenvalue weighted by Gasteiger charge is -1.84. The van der Waals surface area contributed by atoms with Crippen molar-refractivity contribution in [2.45, 2.75) is 12.8 Å². The van der Waals surface area contributed by atoms with Gasteiger partial charge in [-0.15, -0.1) is 0 Å². The van der Waals surface area contributed by atoms with Gasteiger partial charge in [-0.1, -0.05) is 31.4 Å². The lowest BCUT2D eigenvalue weighted by molar-refractivity contribution is -0.137. The number of hydrogen-bond acceptors (Lipinski definition) is 2. The first-order chi connectivity index (χ1) is 6.54. The van der Waals surface area contributed by atoms with Crippen LogP contribution in [0.3, 0.4) is 0 Å². The van der Waals surface area contributed by atoms with Crippen LogP contribution in [0.4, 0.5) is 0 Å². The molecular weight excluding hydrogens is 184 g/mol. The zero-order valence-corrected chi connectivity index (χ0v) is 7.85. The molecule has 0 atom stereocenters. The average molecular weight is 198 g/mol. The van der Waals surface area contributed by atoms with E-state index >= 15 is 0 Å². The summed E-state index contributed by atoms with van der Waals surface area (Å²) < 4.78 is 0. The number of aliphatic carboxylic acids is 2. The number of hydrogen-bond donors (Lipinski definition) is 2. The monoisotopic (exact) mass is 198 g/mol. The van der Waals surface area contributed by atoms with Crippen molar-refractivity contribution in [3.05, 3.63) is 37.5 Å². The first-order valence-electron chi connectivity index (χ1n) is 3.89. The van der Waals surface area contributed by atoms with Gasteiger partial charge in [0.1, 0.15) is 0 Å². The van der Waals surface area contributed by atoms with Gasteiger partial charge in [-0.2, -0.15) is 0 Å². The van der Waals surface area contributed by atoms with Gasteiger partial charge in [-0.05, 0) is 6.42 Å². The van der Waals surface area contributed by atoms with Crippen LogP contribution in [0, 0.1) is 0 Å². The molecule has 0 aromatic carbocycles. The first-order valence-corrected chi connectivity index (χ1v) is 3.89. The zero-order chi connectivity index (χ0) is 11.4. The molecule has 0 rings (SSSR count). The van der Waals surface area contributed by atoms with E-state index in [4.69, 9.17) is 10.2 Å². The fourth-order valence-corrected chi connectivity index (χ4v) is 0.391. The van der Waals surface area contributed by atoms with Crippen molar-refractivity contribution in [1.82, 2.24) is 0 Å². The molecule has 0 aliphatic rings. The van der Waals surface area contributed by atoms with E-state index in [-0.39, 0.29) is 12.8 Å². The molecule has 0 heterocycles. The summed E-state index contributed by atoms with van der Waals surface area (Å²) >= 11 is 0. The Morgan fingerprint density at radius 2 is 1.64 bits per heavy atom. The molecule has 0 saturated carbocycles. The smallest absolute Gasteiger partial charge is 0.327 e. The molecule has 0 fully saturated rings. The average Bonchev–Trinajstić information content (AvgIpc) is 2.12. The van der Waals surface area contributed by atoms with E-state index in [2.05, 4.69) is 13.2 Å². The Hall–Kier alpha value is -1.84. The van der Waals surface area contributed by atoms with Gasteiger partial charge in [0.15, 0.2) is 0 Å². The van der Waals surface area contributed by atoms with E-state index < -0.39 is 11.9 Å². The molecule has 14 heavy (non-hydrogen) atoms. The van der Waals surface area contributed by atoms with Crippen LogP contribution in [0.5, 0.6) is 0 Å². The maximum absolute atomic E-state index is 9.86. The van der Waals surface area contributed by atoms with Gasteiger partial charge in [0, 0.05) is 12.5 Å². The largest absolute Gasteiger partial charge is 0.481 e. The van der Waals surface area contributed by atoms with Crippen LogP contribution >= 0.6 is 0 Å². The van der Waals surface area contributed by atoms with Crippen LogP contribution in [0.25, 0.3) is 0 Å². The predicted molar refractivity (Wildman–Crippen MR) is 54.0 cm³/mol. The third-order valence-corrected chi connectivity index (χ3v) is 0.952. The minimum absolute atomic E-state index is 0.0240. The van der Waals surface area contributed by atoms with Crippen molar-refractivity contribution < 1.29 is 19.8 Å². The molecule has 0 bridgehead atoms. The summed E-state index contributed by atoms with van der Waals surface area (Å²) in [5.41, 5.74) is 0. The van der Waals surface area contributed by atoms with Crippen molar-refractivity contribution in [3.8, 4) is 0 Å². The SMILES string of the molecule is C=CC=C.O=C(O)C=CCCC(=O)O. The second kappa shape index (κ2) is 11.2. The lowest BCUT2D eigenvalue weighted by atomic mass is 10.3. The quantitative estimate of drug-likeness (QED) is 0.522. The highest BCUT2D eigenvalue weighted by atomic mass is 16.4. The molecule has 0 saturated heterocycles. The van der Waals surface area contributed by atoms with E-state index in [9.17, 15) is 9.59 Å². The zero-order valence-electron chi connectivity index (χ0n) is 7.85. The Bertz CT molecular complexity index is 222. The summed E-state index contributed by atoms with van der Waals surface area (Å²) in [6.07, 6.45) is 5.77. The van der Waals surface area contributed by atoms with E-state index in [1.165, 1.54) is 6.08 Å². The van der Waals surface area contributed by atoms with Crippen molar-refractivity contribution in [3.63, 3.8) is 0 Å². The maximum atomic E-state index is 9.86. The summed E-state index contributed by atoms with van der Waals surface area (Å²) in [6.45, 7) is 6.72. The van der Waals surface area contributed by atoms with Crippen LogP contribution in [-0.4, -0.2) is 22.2 Å². The molecule has 0 spiro atoms. The minimum Gasteiger partial charge on any atom is -0.481 e. The second-order valence-electron chi connectivity index (χ2n) is 2.14. The third-order valence-electron chi connectivity index (χ3n) is 0.952.